The Balaban J connectivity index is 1.40. The summed E-state index contributed by atoms with van der Waals surface area (Å²) in [7, 11) is 1.89. The molecular weight excluding hydrogens is 379 g/mol. The Morgan fingerprint density at radius 3 is 2.82 bits per heavy atom. The minimum Gasteiger partial charge on any atom is -0.507 e. The third-order valence-electron chi connectivity index (χ3n) is 5.91. The molecule has 146 valence electrons. The van der Waals surface area contributed by atoms with Gasteiger partial charge in [-0.2, -0.15) is 5.10 Å². The first kappa shape index (κ1) is 17.6. The summed E-state index contributed by atoms with van der Waals surface area (Å²) in [6.45, 7) is 0.849. The maximum atomic E-state index is 14.9. The average Bonchev–Trinajstić information content (AvgIpc) is 3.41. The van der Waals surface area contributed by atoms with Gasteiger partial charge in [0, 0.05) is 31.4 Å². The average molecular weight is 400 g/mol. The second-order valence-electron chi connectivity index (χ2n) is 7.51. The van der Waals surface area contributed by atoms with E-state index < -0.39 is 6.17 Å². The highest BCUT2D eigenvalue weighted by atomic mass is 32.1. The number of piperidine rings is 2. The van der Waals surface area contributed by atoms with Crippen molar-refractivity contribution in [3.63, 3.8) is 0 Å². The largest absolute Gasteiger partial charge is 0.507 e. The highest BCUT2D eigenvalue weighted by Gasteiger charge is 2.46. The molecule has 3 fully saturated rings. The molecule has 2 aliphatic heterocycles. The molecule has 2 saturated heterocycles. The Kier molecular flexibility index (Phi) is 4.28. The van der Waals surface area contributed by atoms with Crippen molar-refractivity contribution in [1.29, 1.82) is 0 Å². The summed E-state index contributed by atoms with van der Waals surface area (Å²) in [4.78, 5) is 1.93. The van der Waals surface area contributed by atoms with Crippen LogP contribution in [-0.2, 0) is 0 Å². The van der Waals surface area contributed by atoms with Gasteiger partial charge in [0.05, 0.1) is 17.8 Å². The van der Waals surface area contributed by atoms with Crippen LogP contribution >= 0.6 is 11.3 Å². The number of aromatic amines is 1. The fourth-order valence-electron chi connectivity index (χ4n) is 4.39. The van der Waals surface area contributed by atoms with Gasteiger partial charge in [0.1, 0.15) is 11.9 Å². The molecular formula is C19H21FN6OS. The number of hydrogen-bond donors (Lipinski definition) is 3. The van der Waals surface area contributed by atoms with Crippen LogP contribution in [0.3, 0.4) is 0 Å². The van der Waals surface area contributed by atoms with E-state index in [-0.39, 0.29) is 23.8 Å². The number of phenolic OH excluding ortho intramolecular Hbond substituents is 1. The number of alkyl halides is 1. The van der Waals surface area contributed by atoms with E-state index in [1.165, 1.54) is 11.3 Å². The third kappa shape index (κ3) is 2.85. The molecule has 1 aliphatic carbocycles. The Morgan fingerprint density at radius 1 is 1.25 bits per heavy atom. The highest BCUT2D eigenvalue weighted by Crippen LogP contribution is 2.40. The van der Waals surface area contributed by atoms with E-state index in [2.05, 4.69) is 25.7 Å². The Bertz CT molecular complexity index is 967. The fraction of sp³-hybridized carbons (Fsp3) is 0.421. The van der Waals surface area contributed by atoms with Gasteiger partial charge < -0.3 is 15.3 Å². The second kappa shape index (κ2) is 6.82. The van der Waals surface area contributed by atoms with Gasteiger partial charge in [-0.1, -0.05) is 17.4 Å². The van der Waals surface area contributed by atoms with Gasteiger partial charge in [0.2, 0.25) is 5.13 Å². The van der Waals surface area contributed by atoms with Crippen LogP contribution in [0.25, 0.3) is 21.7 Å². The van der Waals surface area contributed by atoms with E-state index in [1.54, 1.807) is 18.5 Å². The van der Waals surface area contributed by atoms with Crippen molar-refractivity contribution in [1.82, 2.24) is 25.7 Å². The zero-order valence-corrected chi connectivity index (χ0v) is 16.2. The van der Waals surface area contributed by atoms with Gasteiger partial charge in [-0.3, -0.25) is 5.10 Å². The Morgan fingerprint density at radius 2 is 2.14 bits per heavy atom. The van der Waals surface area contributed by atoms with Crippen LogP contribution in [0.15, 0.2) is 30.6 Å². The first-order valence-electron chi connectivity index (χ1n) is 9.38. The van der Waals surface area contributed by atoms with Crippen LogP contribution in [0.5, 0.6) is 5.75 Å². The number of halogens is 1. The zero-order valence-electron chi connectivity index (χ0n) is 15.3. The van der Waals surface area contributed by atoms with Crippen LogP contribution in [0.1, 0.15) is 12.8 Å². The first-order chi connectivity index (χ1) is 13.6. The molecule has 7 nitrogen and oxygen atoms in total. The molecule has 2 aromatic heterocycles. The molecule has 6 rings (SSSR count). The van der Waals surface area contributed by atoms with Gasteiger partial charge in [0.15, 0.2) is 5.01 Å². The number of rotatable bonds is 4. The summed E-state index contributed by atoms with van der Waals surface area (Å²) in [5.41, 5.74) is 2.38. The van der Waals surface area contributed by atoms with Crippen LogP contribution < -0.4 is 10.2 Å². The van der Waals surface area contributed by atoms with Gasteiger partial charge in [0.25, 0.3) is 0 Å². The predicted molar refractivity (Wildman–Crippen MR) is 106 cm³/mol. The lowest BCUT2D eigenvalue weighted by Gasteiger charge is -2.48. The summed E-state index contributed by atoms with van der Waals surface area (Å²) in [5.74, 6) is 0.411. The van der Waals surface area contributed by atoms with Gasteiger partial charge >= 0.3 is 0 Å². The first-order valence-corrected chi connectivity index (χ1v) is 10.2. The van der Waals surface area contributed by atoms with Crippen molar-refractivity contribution < 1.29 is 9.50 Å². The maximum Gasteiger partial charge on any atom is 0.208 e. The molecule has 3 N–H and O–H groups in total. The van der Waals surface area contributed by atoms with E-state index in [1.807, 2.05) is 24.1 Å². The van der Waals surface area contributed by atoms with E-state index >= 15 is 0 Å². The molecule has 0 amide bonds. The highest BCUT2D eigenvalue weighted by molar-refractivity contribution is 7.18. The number of anilines is 1. The van der Waals surface area contributed by atoms with Gasteiger partial charge in [-0.15, -0.1) is 10.2 Å². The normalized spacial score (nSPS) is 26.5. The maximum absolute atomic E-state index is 14.9. The quantitative estimate of drug-likeness (QED) is 0.624. The minimum atomic E-state index is -0.910. The van der Waals surface area contributed by atoms with Crippen LogP contribution in [0.2, 0.25) is 0 Å². The number of H-pyrrole nitrogens is 1. The number of nitrogens with one attached hydrogen (secondary N) is 2. The number of nitrogens with zero attached hydrogens (tertiary/aromatic N) is 4. The number of fused-ring (bicyclic) bond motifs is 3. The van der Waals surface area contributed by atoms with Crippen LogP contribution in [0, 0.1) is 5.92 Å². The molecule has 28 heavy (non-hydrogen) atoms. The lowest BCUT2D eigenvalue weighted by Crippen LogP contribution is -2.64. The lowest BCUT2D eigenvalue weighted by atomic mass is 9.75. The molecule has 2 bridgehead atoms. The summed E-state index contributed by atoms with van der Waals surface area (Å²) in [5, 5.41) is 30.3. The molecule has 0 spiro atoms. The number of aromatic hydroxyl groups is 1. The summed E-state index contributed by atoms with van der Waals surface area (Å²) < 4.78 is 14.9. The lowest BCUT2D eigenvalue weighted by molar-refractivity contribution is 0.0705. The van der Waals surface area contributed by atoms with E-state index in [0.29, 0.717) is 15.7 Å². The van der Waals surface area contributed by atoms with Crippen molar-refractivity contribution in [2.45, 2.75) is 31.1 Å². The molecule has 4 heterocycles. The number of aromatic nitrogens is 4. The smallest absolute Gasteiger partial charge is 0.208 e. The molecule has 3 unspecified atom stereocenters. The number of phenols is 1. The fourth-order valence-corrected chi connectivity index (χ4v) is 5.27. The summed E-state index contributed by atoms with van der Waals surface area (Å²) in [6, 6.07) is 5.18. The molecule has 3 aliphatic rings. The van der Waals surface area contributed by atoms with Crippen molar-refractivity contribution in [3.05, 3.63) is 30.6 Å². The van der Waals surface area contributed by atoms with E-state index in [9.17, 15) is 9.50 Å². The monoisotopic (exact) mass is 400 g/mol. The molecule has 4 atom stereocenters. The Labute approximate surface area is 165 Å². The summed E-state index contributed by atoms with van der Waals surface area (Å²) in [6.07, 6.45) is 4.50. The van der Waals surface area contributed by atoms with Gasteiger partial charge in [-0.05, 0) is 36.5 Å². The molecule has 0 radical (unpaired) electrons. The molecule has 1 saturated carbocycles. The van der Waals surface area contributed by atoms with Crippen molar-refractivity contribution in [2.24, 2.45) is 5.92 Å². The van der Waals surface area contributed by atoms with Crippen molar-refractivity contribution in [3.8, 4) is 27.4 Å². The molecule has 9 heteroatoms. The predicted octanol–water partition coefficient (Wildman–Crippen LogP) is 2.83. The Hall–Kier alpha value is -2.52. The zero-order chi connectivity index (χ0) is 19.3. The third-order valence-corrected chi connectivity index (χ3v) is 6.95. The van der Waals surface area contributed by atoms with Gasteiger partial charge in [-0.25, -0.2) is 4.39 Å². The molecule has 1 aromatic carbocycles. The van der Waals surface area contributed by atoms with E-state index in [0.717, 1.165) is 30.5 Å². The van der Waals surface area contributed by atoms with Crippen molar-refractivity contribution in [2.75, 3.05) is 18.5 Å². The number of benzene rings is 1. The second-order valence-corrected chi connectivity index (χ2v) is 8.46. The standard InChI is InChI=1S/C19H21FN6OS/c1-26(17-11-3-5-14(16(17)20)21-7-11)19-25-24-18(28-19)13-4-2-10(6-15(13)27)12-8-22-23-9-12/h2,4,6,8-9,11,14,16-17,21,27H,3,5,7H2,1H3,(H,22,23)/t11?,14?,16?,17-/m1/s1. The van der Waals surface area contributed by atoms with Crippen LogP contribution in [-0.4, -0.2) is 57.3 Å². The van der Waals surface area contributed by atoms with Crippen LogP contribution in [0.4, 0.5) is 9.52 Å². The van der Waals surface area contributed by atoms with Crippen molar-refractivity contribution >= 4 is 16.5 Å². The van der Waals surface area contributed by atoms with E-state index in [4.69, 9.17) is 0 Å². The summed E-state index contributed by atoms with van der Waals surface area (Å²) >= 11 is 1.37. The minimum absolute atomic E-state index is 0.0654. The SMILES string of the molecule is CN(c1nnc(-c2ccc(-c3cn[nH]c3)cc2O)s1)[C@@H]1C2CCC(NC2)C1F. The molecule has 3 aromatic rings. The topological polar surface area (TPSA) is 90.0 Å². The number of hydrogen-bond acceptors (Lipinski definition) is 7.